The number of para-hydroxylation sites is 2. The molecular weight excluding hydrogens is 398 g/mol. The van der Waals surface area contributed by atoms with Gasteiger partial charge in [0.25, 0.3) is 5.91 Å². The predicted octanol–water partition coefficient (Wildman–Crippen LogP) is 5.69. The van der Waals surface area contributed by atoms with Gasteiger partial charge in [-0.25, -0.2) is 4.98 Å². The summed E-state index contributed by atoms with van der Waals surface area (Å²) in [6.07, 6.45) is 1.78. The van der Waals surface area contributed by atoms with Crippen molar-refractivity contribution in [3.05, 3.63) is 102 Å². The van der Waals surface area contributed by atoms with E-state index in [0.717, 1.165) is 39.6 Å². The van der Waals surface area contributed by atoms with Gasteiger partial charge in [0, 0.05) is 24.4 Å². The third kappa shape index (κ3) is 3.48. The van der Waals surface area contributed by atoms with Crippen LogP contribution in [0.3, 0.4) is 0 Å². The standard InChI is InChI=1S/C27H23N3O2/c1-29-24-10-3-4-11-25(24)30(18-22-8-6-16-28-26(22)29)27(31)20-14-12-19(13-15-20)21-7-5-9-23(17-21)32-2/h3-17H,18H2,1-2H3. The smallest absolute Gasteiger partial charge is 0.258 e. The lowest BCUT2D eigenvalue weighted by Crippen LogP contribution is -2.30. The molecule has 0 saturated carbocycles. The summed E-state index contributed by atoms with van der Waals surface area (Å²) in [5, 5.41) is 0. The molecule has 1 aromatic heterocycles. The number of anilines is 3. The molecule has 1 aliphatic rings. The Hall–Kier alpha value is -4.12. The van der Waals surface area contributed by atoms with E-state index in [1.807, 2.05) is 102 Å². The third-order valence-corrected chi connectivity index (χ3v) is 5.83. The molecule has 0 atom stereocenters. The minimum atomic E-state index is -0.0419. The zero-order valence-electron chi connectivity index (χ0n) is 18.0. The van der Waals surface area contributed by atoms with Crippen molar-refractivity contribution in [1.82, 2.24) is 4.98 Å². The Morgan fingerprint density at radius 3 is 2.44 bits per heavy atom. The van der Waals surface area contributed by atoms with Gasteiger partial charge in [-0.05, 0) is 53.6 Å². The van der Waals surface area contributed by atoms with Crippen molar-refractivity contribution in [2.45, 2.75) is 6.54 Å². The van der Waals surface area contributed by atoms with Gasteiger partial charge in [0.2, 0.25) is 0 Å². The lowest BCUT2D eigenvalue weighted by molar-refractivity contribution is 0.0985. The van der Waals surface area contributed by atoms with Gasteiger partial charge >= 0.3 is 0 Å². The van der Waals surface area contributed by atoms with Crippen LogP contribution in [0.5, 0.6) is 5.75 Å². The summed E-state index contributed by atoms with van der Waals surface area (Å²) in [5.74, 6) is 1.63. The van der Waals surface area contributed by atoms with Crippen LogP contribution < -0.4 is 14.5 Å². The van der Waals surface area contributed by atoms with E-state index in [9.17, 15) is 4.79 Å². The number of nitrogens with zero attached hydrogens (tertiary/aromatic N) is 3. The highest BCUT2D eigenvalue weighted by molar-refractivity contribution is 6.08. The number of benzene rings is 3. The fourth-order valence-corrected chi connectivity index (χ4v) is 4.15. The molecule has 5 heteroatoms. The van der Waals surface area contributed by atoms with Crippen LogP contribution in [0.4, 0.5) is 17.2 Å². The molecule has 0 radical (unpaired) electrons. The van der Waals surface area contributed by atoms with Crippen LogP contribution in [0.1, 0.15) is 15.9 Å². The molecule has 32 heavy (non-hydrogen) atoms. The number of carbonyl (C=O) groups excluding carboxylic acids is 1. The SMILES string of the molecule is COc1cccc(-c2ccc(C(=O)N3Cc4cccnc4N(C)c4ccccc43)cc2)c1. The second-order valence-corrected chi connectivity index (χ2v) is 7.73. The minimum absolute atomic E-state index is 0.0419. The lowest BCUT2D eigenvalue weighted by Gasteiger charge is -2.24. The molecule has 5 rings (SSSR count). The topological polar surface area (TPSA) is 45.7 Å². The van der Waals surface area contributed by atoms with E-state index >= 15 is 0 Å². The van der Waals surface area contributed by atoms with Crippen molar-refractivity contribution in [3.8, 4) is 16.9 Å². The largest absolute Gasteiger partial charge is 0.497 e. The Bertz CT molecular complexity index is 1280. The summed E-state index contributed by atoms with van der Waals surface area (Å²) < 4.78 is 5.33. The van der Waals surface area contributed by atoms with Crippen LogP contribution in [-0.4, -0.2) is 25.0 Å². The number of hydrogen-bond acceptors (Lipinski definition) is 4. The predicted molar refractivity (Wildman–Crippen MR) is 128 cm³/mol. The van der Waals surface area contributed by atoms with E-state index in [2.05, 4.69) is 4.98 Å². The number of carbonyl (C=O) groups is 1. The molecule has 0 bridgehead atoms. The molecule has 0 N–H and O–H groups in total. The Morgan fingerprint density at radius 1 is 0.875 bits per heavy atom. The van der Waals surface area contributed by atoms with Crippen molar-refractivity contribution in [2.24, 2.45) is 0 Å². The van der Waals surface area contributed by atoms with Crippen molar-refractivity contribution in [3.63, 3.8) is 0 Å². The lowest BCUT2D eigenvalue weighted by atomic mass is 10.0. The maximum atomic E-state index is 13.6. The Morgan fingerprint density at radius 2 is 1.66 bits per heavy atom. The summed E-state index contributed by atoms with van der Waals surface area (Å²) in [7, 11) is 3.65. The molecule has 5 nitrogen and oxygen atoms in total. The first-order valence-electron chi connectivity index (χ1n) is 10.5. The maximum absolute atomic E-state index is 13.6. The Kier molecular flexibility index (Phi) is 5.07. The van der Waals surface area contributed by atoms with Crippen LogP contribution in [0.2, 0.25) is 0 Å². The van der Waals surface area contributed by atoms with Gasteiger partial charge in [-0.1, -0.05) is 42.5 Å². The van der Waals surface area contributed by atoms with E-state index in [0.29, 0.717) is 12.1 Å². The average molecular weight is 422 g/mol. The zero-order valence-corrected chi connectivity index (χ0v) is 18.0. The van der Waals surface area contributed by atoms with Gasteiger partial charge < -0.3 is 14.5 Å². The van der Waals surface area contributed by atoms with E-state index in [4.69, 9.17) is 4.74 Å². The van der Waals surface area contributed by atoms with Crippen molar-refractivity contribution < 1.29 is 9.53 Å². The second kappa shape index (κ2) is 8.19. The zero-order chi connectivity index (χ0) is 22.1. The normalized spacial score (nSPS) is 12.6. The number of pyridine rings is 1. The number of rotatable bonds is 3. The third-order valence-electron chi connectivity index (χ3n) is 5.83. The number of ether oxygens (including phenoxy) is 1. The van der Waals surface area contributed by atoms with Crippen LogP contribution in [0, 0.1) is 0 Å². The molecule has 1 aliphatic heterocycles. The number of aromatic nitrogens is 1. The fraction of sp³-hybridized carbons (Fsp3) is 0.111. The molecule has 158 valence electrons. The number of fused-ring (bicyclic) bond motifs is 2. The van der Waals surface area contributed by atoms with Crippen LogP contribution in [-0.2, 0) is 6.54 Å². The van der Waals surface area contributed by atoms with Crippen molar-refractivity contribution >= 4 is 23.1 Å². The minimum Gasteiger partial charge on any atom is -0.497 e. The first-order chi connectivity index (χ1) is 15.7. The molecule has 0 saturated heterocycles. The molecule has 2 heterocycles. The van der Waals surface area contributed by atoms with Crippen molar-refractivity contribution in [1.29, 1.82) is 0 Å². The van der Waals surface area contributed by atoms with Crippen molar-refractivity contribution in [2.75, 3.05) is 24.0 Å². The summed E-state index contributed by atoms with van der Waals surface area (Å²) in [6.45, 7) is 0.459. The summed E-state index contributed by atoms with van der Waals surface area (Å²) >= 11 is 0. The van der Waals surface area contributed by atoms with Gasteiger partial charge in [-0.2, -0.15) is 0 Å². The summed E-state index contributed by atoms with van der Waals surface area (Å²) in [4.78, 5) is 22.1. The molecule has 1 amide bonds. The van der Waals surface area contributed by atoms with Gasteiger partial charge in [-0.3, -0.25) is 4.79 Å². The first-order valence-corrected chi connectivity index (χ1v) is 10.5. The van der Waals surface area contributed by atoms with E-state index in [-0.39, 0.29) is 5.91 Å². The monoisotopic (exact) mass is 421 g/mol. The highest BCUT2D eigenvalue weighted by Gasteiger charge is 2.27. The molecule has 0 spiro atoms. The first kappa shape index (κ1) is 19.8. The number of hydrogen-bond donors (Lipinski definition) is 0. The van der Waals surface area contributed by atoms with Gasteiger partial charge in [0.1, 0.15) is 11.6 Å². The Balaban J connectivity index is 1.51. The highest BCUT2D eigenvalue weighted by atomic mass is 16.5. The van der Waals surface area contributed by atoms with E-state index < -0.39 is 0 Å². The number of methoxy groups -OCH3 is 1. The van der Waals surface area contributed by atoms with Gasteiger partial charge in [-0.15, -0.1) is 0 Å². The second-order valence-electron chi connectivity index (χ2n) is 7.73. The molecular formula is C27H23N3O2. The maximum Gasteiger partial charge on any atom is 0.258 e. The molecule has 0 fully saturated rings. The van der Waals surface area contributed by atoms with Gasteiger partial charge in [0.05, 0.1) is 25.0 Å². The van der Waals surface area contributed by atoms with Crippen LogP contribution in [0.15, 0.2) is 91.1 Å². The summed E-state index contributed by atoms with van der Waals surface area (Å²) in [5.41, 5.74) is 5.55. The number of amides is 1. The quantitative estimate of drug-likeness (QED) is 0.427. The molecule has 0 aliphatic carbocycles. The van der Waals surface area contributed by atoms with Gasteiger partial charge in [0.15, 0.2) is 0 Å². The fourth-order valence-electron chi connectivity index (χ4n) is 4.15. The van der Waals surface area contributed by atoms with E-state index in [1.54, 1.807) is 13.3 Å². The van der Waals surface area contributed by atoms with E-state index in [1.165, 1.54) is 0 Å². The molecule has 3 aromatic carbocycles. The summed E-state index contributed by atoms with van der Waals surface area (Å²) in [6, 6.07) is 27.5. The highest BCUT2D eigenvalue weighted by Crippen LogP contribution is 2.39. The Labute approximate surface area is 187 Å². The average Bonchev–Trinajstić information content (AvgIpc) is 2.99. The van der Waals surface area contributed by atoms with Crippen LogP contribution >= 0.6 is 0 Å². The molecule has 0 unspecified atom stereocenters. The van der Waals surface area contributed by atoms with Crippen LogP contribution in [0.25, 0.3) is 11.1 Å². The molecule has 4 aromatic rings.